The fraction of sp³-hybridized carbons (Fsp3) is 0.417. The molecule has 0 unspecified atom stereocenters. The number of nitrogens with one attached hydrogen (secondary N) is 1. The lowest BCUT2D eigenvalue weighted by atomic mass is 10.1. The normalized spacial score (nSPS) is 13.0. The highest BCUT2D eigenvalue weighted by Gasteiger charge is 2.30. The van der Waals surface area contributed by atoms with Crippen LogP contribution in [0.2, 0.25) is 5.02 Å². The standard InChI is InChI=1S/C24H32ClN3O5S/c1-6-17(2)26-24(30)18(3)27(15-19-8-7-9-20(25)14-19)23(29)16-28(34(5,31)32)21-10-12-22(33-4)13-11-21/h7-14,17-18H,6,15-16H2,1-5H3,(H,26,30)/t17-,18-/m0/s1. The van der Waals surface area contributed by atoms with Crippen LogP contribution in [-0.4, -0.2) is 57.1 Å². The van der Waals surface area contributed by atoms with E-state index in [0.717, 1.165) is 22.5 Å². The quantitative estimate of drug-likeness (QED) is 0.500. The molecule has 10 heteroatoms. The fourth-order valence-corrected chi connectivity index (χ4v) is 4.30. The highest BCUT2D eigenvalue weighted by atomic mass is 35.5. The van der Waals surface area contributed by atoms with Gasteiger partial charge in [-0.05, 0) is 62.2 Å². The first kappa shape index (κ1) is 27.5. The summed E-state index contributed by atoms with van der Waals surface area (Å²) in [5.41, 5.74) is 1.04. The number of sulfonamides is 1. The van der Waals surface area contributed by atoms with Crippen molar-refractivity contribution in [2.75, 3.05) is 24.2 Å². The Morgan fingerprint density at radius 2 is 1.76 bits per heavy atom. The van der Waals surface area contributed by atoms with Crippen molar-refractivity contribution in [2.24, 2.45) is 0 Å². The van der Waals surface area contributed by atoms with E-state index in [0.29, 0.717) is 16.5 Å². The fourth-order valence-electron chi connectivity index (χ4n) is 3.24. The van der Waals surface area contributed by atoms with E-state index in [9.17, 15) is 18.0 Å². The van der Waals surface area contributed by atoms with Crippen molar-refractivity contribution in [1.82, 2.24) is 10.2 Å². The molecule has 2 atom stereocenters. The number of rotatable bonds is 11. The summed E-state index contributed by atoms with van der Waals surface area (Å²) in [5.74, 6) is -0.283. The molecule has 0 spiro atoms. The van der Waals surface area contributed by atoms with Crippen LogP contribution in [0.5, 0.6) is 5.75 Å². The Morgan fingerprint density at radius 3 is 2.29 bits per heavy atom. The number of halogens is 1. The van der Waals surface area contributed by atoms with E-state index in [1.807, 2.05) is 13.8 Å². The van der Waals surface area contributed by atoms with Gasteiger partial charge in [0.15, 0.2) is 0 Å². The van der Waals surface area contributed by atoms with Crippen molar-refractivity contribution in [3.05, 3.63) is 59.1 Å². The summed E-state index contributed by atoms with van der Waals surface area (Å²) in [7, 11) is -2.28. The molecular formula is C24H32ClN3O5S. The number of anilines is 1. The molecule has 0 saturated heterocycles. The summed E-state index contributed by atoms with van der Waals surface area (Å²) < 4.78 is 31.3. The summed E-state index contributed by atoms with van der Waals surface area (Å²) >= 11 is 6.11. The highest BCUT2D eigenvalue weighted by Crippen LogP contribution is 2.22. The van der Waals surface area contributed by atoms with Crippen LogP contribution in [0.1, 0.15) is 32.8 Å². The Bertz CT molecular complexity index is 1090. The van der Waals surface area contributed by atoms with Crippen molar-refractivity contribution in [2.45, 2.75) is 45.8 Å². The van der Waals surface area contributed by atoms with E-state index in [4.69, 9.17) is 16.3 Å². The van der Waals surface area contributed by atoms with Gasteiger partial charge in [-0.15, -0.1) is 0 Å². The third-order valence-corrected chi connectivity index (χ3v) is 6.83. The molecule has 0 saturated carbocycles. The number of hydrogen-bond acceptors (Lipinski definition) is 5. The first-order valence-corrected chi connectivity index (χ1v) is 13.1. The van der Waals surface area contributed by atoms with Gasteiger partial charge >= 0.3 is 0 Å². The van der Waals surface area contributed by atoms with Crippen molar-refractivity contribution >= 4 is 39.1 Å². The summed E-state index contributed by atoms with van der Waals surface area (Å²) in [6, 6.07) is 12.4. The molecule has 0 aliphatic carbocycles. The molecule has 0 radical (unpaired) electrons. The first-order chi connectivity index (χ1) is 16.0. The molecule has 1 N–H and O–H groups in total. The largest absolute Gasteiger partial charge is 0.497 e. The van der Waals surface area contributed by atoms with E-state index >= 15 is 0 Å². The zero-order chi connectivity index (χ0) is 25.5. The van der Waals surface area contributed by atoms with Gasteiger partial charge in [-0.2, -0.15) is 0 Å². The molecular weight excluding hydrogens is 478 g/mol. The minimum Gasteiger partial charge on any atom is -0.497 e. The molecule has 2 amide bonds. The molecule has 2 aromatic carbocycles. The molecule has 2 aromatic rings. The average Bonchev–Trinajstić information content (AvgIpc) is 2.79. The number of carbonyl (C=O) groups is 2. The number of benzene rings is 2. The number of ether oxygens (including phenoxy) is 1. The van der Waals surface area contributed by atoms with Crippen LogP contribution in [0.4, 0.5) is 5.69 Å². The van der Waals surface area contributed by atoms with Gasteiger partial charge < -0.3 is 15.0 Å². The second-order valence-electron chi connectivity index (χ2n) is 8.11. The zero-order valence-electron chi connectivity index (χ0n) is 20.1. The molecule has 0 fully saturated rings. The second-order valence-corrected chi connectivity index (χ2v) is 10.5. The Balaban J connectivity index is 2.37. The zero-order valence-corrected chi connectivity index (χ0v) is 21.7. The first-order valence-electron chi connectivity index (χ1n) is 10.9. The maximum atomic E-state index is 13.5. The lowest BCUT2D eigenvalue weighted by molar-refractivity contribution is -0.139. The van der Waals surface area contributed by atoms with Crippen LogP contribution >= 0.6 is 11.6 Å². The smallest absolute Gasteiger partial charge is 0.244 e. The van der Waals surface area contributed by atoms with Crippen molar-refractivity contribution < 1.29 is 22.7 Å². The predicted octanol–water partition coefficient (Wildman–Crippen LogP) is 3.45. The monoisotopic (exact) mass is 509 g/mol. The summed E-state index contributed by atoms with van der Waals surface area (Å²) in [5, 5.41) is 3.38. The molecule has 8 nitrogen and oxygen atoms in total. The van der Waals surface area contributed by atoms with Crippen LogP contribution in [0.3, 0.4) is 0 Å². The van der Waals surface area contributed by atoms with Crippen molar-refractivity contribution in [3.8, 4) is 5.75 Å². The minimum absolute atomic E-state index is 0.0649. The van der Waals surface area contributed by atoms with Gasteiger partial charge in [0.2, 0.25) is 21.8 Å². The molecule has 0 aliphatic rings. The van der Waals surface area contributed by atoms with Crippen LogP contribution in [-0.2, 0) is 26.2 Å². The maximum absolute atomic E-state index is 13.5. The van der Waals surface area contributed by atoms with E-state index in [1.165, 1.54) is 12.0 Å². The summed E-state index contributed by atoms with van der Waals surface area (Å²) in [4.78, 5) is 27.7. The summed E-state index contributed by atoms with van der Waals surface area (Å²) in [6.45, 7) is 5.08. The van der Waals surface area contributed by atoms with Gasteiger partial charge in [-0.25, -0.2) is 8.42 Å². The Labute approximate surface area is 206 Å². The minimum atomic E-state index is -3.79. The van der Waals surface area contributed by atoms with Crippen molar-refractivity contribution in [3.63, 3.8) is 0 Å². The second kappa shape index (κ2) is 12.1. The Morgan fingerprint density at radius 1 is 1.12 bits per heavy atom. The van der Waals surface area contributed by atoms with Gasteiger partial charge in [0, 0.05) is 17.6 Å². The summed E-state index contributed by atoms with van der Waals surface area (Å²) in [6.07, 6.45) is 1.77. The van der Waals surface area contributed by atoms with Gasteiger partial charge in [0.25, 0.3) is 0 Å². The molecule has 34 heavy (non-hydrogen) atoms. The number of hydrogen-bond donors (Lipinski definition) is 1. The third-order valence-electron chi connectivity index (χ3n) is 5.45. The number of amides is 2. The molecule has 0 heterocycles. The molecule has 186 valence electrons. The molecule has 0 aromatic heterocycles. The SMILES string of the molecule is CC[C@H](C)NC(=O)[C@H](C)N(Cc1cccc(Cl)c1)C(=O)CN(c1ccc(OC)cc1)S(C)(=O)=O. The molecule has 0 bridgehead atoms. The van der Waals surface area contributed by atoms with Crippen LogP contribution in [0, 0.1) is 0 Å². The van der Waals surface area contributed by atoms with Crippen molar-refractivity contribution in [1.29, 1.82) is 0 Å². The Kier molecular flexibility index (Phi) is 9.76. The van der Waals surface area contributed by atoms with E-state index in [1.54, 1.807) is 55.5 Å². The van der Waals surface area contributed by atoms with Gasteiger partial charge in [-0.1, -0.05) is 30.7 Å². The van der Waals surface area contributed by atoms with E-state index in [2.05, 4.69) is 5.32 Å². The van der Waals surface area contributed by atoms with Gasteiger partial charge in [-0.3, -0.25) is 13.9 Å². The predicted molar refractivity (Wildman–Crippen MR) is 135 cm³/mol. The van der Waals surface area contributed by atoms with Gasteiger partial charge in [0.1, 0.15) is 18.3 Å². The number of methoxy groups -OCH3 is 1. The van der Waals surface area contributed by atoms with Crippen LogP contribution in [0.15, 0.2) is 48.5 Å². The molecule has 0 aliphatic heterocycles. The highest BCUT2D eigenvalue weighted by molar-refractivity contribution is 7.92. The van der Waals surface area contributed by atoms with Crippen LogP contribution in [0.25, 0.3) is 0 Å². The lowest BCUT2D eigenvalue weighted by Gasteiger charge is -2.32. The topological polar surface area (TPSA) is 96.0 Å². The number of nitrogens with zero attached hydrogens (tertiary/aromatic N) is 2. The van der Waals surface area contributed by atoms with E-state index < -0.39 is 28.5 Å². The number of carbonyl (C=O) groups excluding carboxylic acids is 2. The molecule has 2 rings (SSSR count). The average molecular weight is 510 g/mol. The third kappa shape index (κ3) is 7.63. The lowest BCUT2D eigenvalue weighted by Crippen LogP contribution is -2.52. The van der Waals surface area contributed by atoms with E-state index in [-0.39, 0.29) is 18.5 Å². The maximum Gasteiger partial charge on any atom is 0.244 e. The van der Waals surface area contributed by atoms with Crippen LogP contribution < -0.4 is 14.4 Å². The van der Waals surface area contributed by atoms with Gasteiger partial charge in [0.05, 0.1) is 19.1 Å². The Hall–Kier alpha value is -2.78.